The van der Waals surface area contributed by atoms with Crippen LogP contribution >= 0.6 is 0 Å². The van der Waals surface area contributed by atoms with E-state index in [2.05, 4.69) is 11.9 Å². The number of hydrogen-bond donors (Lipinski definition) is 2. The van der Waals surface area contributed by atoms with E-state index in [1.807, 2.05) is 0 Å². The number of ether oxygens (including phenoxy) is 1. The van der Waals surface area contributed by atoms with Crippen LogP contribution in [-0.4, -0.2) is 35.8 Å². The molecule has 1 aromatic carbocycles. The quantitative estimate of drug-likeness (QED) is 0.331. The van der Waals surface area contributed by atoms with Crippen molar-refractivity contribution in [1.82, 2.24) is 0 Å². The largest absolute Gasteiger partial charge is 0.478 e. The fourth-order valence-electron chi connectivity index (χ4n) is 1.52. The van der Waals surface area contributed by atoms with Gasteiger partial charge in [-0.3, -0.25) is 10.1 Å². The molecule has 0 radical (unpaired) electrons. The summed E-state index contributed by atoms with van der Waals surface area (Å²) in [7, 11) is 0. The van der Waals surface area contributed by atoms with Gasteiger partial charge in [0.1, 0.15) is 11.5 Å². The third-order valence-electron chi connectivity index (χ3n) is 2.42. The van der Waals surface area contributed by atoms with E-state index in [0.717, 1.165) is 11.6 Å². The molecule has 0 heterocycles. The maximum Gasteiger partial charge on any atom is 0.338 e. The number of carbonyl (C=O) groups is 1. The first-order valence-corrected chi connectivity index (χ1v) is 6.00. The maximum absolute atomic E-state index is 13.4. The zero-order valence-electron chi connectivity index (χ0n) is 11.4. The predicted octanol–water partition coefficient (Wildman–Crippen LogP) is 2.44. The molecule has 1 aromatic rings. The van der Waals surface area contributed by atoms with Gasteiger partial charge in [-0.05, 0) is 13.0 Å². The van der Waals surface area contributed by atoms with E-state index in [9.17, 15) is 19.3 Å². The fraction of sp³-hybridized carbons (Fsp3) is 0.308. The highest BCUT2D eigenvalue weighted by Crippen LogP contribution is 2.27. The molecule has 0 unspecified atom stereocenters. The van der Waals surface area contributed by atoms with E-state index in [1.54, 1.807) is 6.92 Å². The van der Waals surface area contributed by atoms with Crippen molar-refractivity contribution in [2.24, 2.45) is 0 Å². The highest BCUT2D eigenvalue weighted by atomic mass is 19.1. The van der Waals surface area contributed by atoms with E-state index in [1.165, 1.54) is 0 Å². The minimum Gasteiger partial charge on any atom is -0.478 e. The van der Waals surface area contributed by atoms with E-state index in [4.69, 9.17) is 9.84 Å². The minimum atomic E-state index is -1.50. The van der Waals surface area contributed by atoms with E-state index in [0.29, 0.717) is 12.7 Å². The van der Waals surface area contributed by atoms with Crippen LogP contribution in [0.3, 0.4) is 0 Å². The van der Waals surface area contributed by atoms with Crippen molar-refractivity contribution in [1.29, 1.82) is 0 Å². The smallest absolute Gasteiger partial charge is 0.338 e. The number of benzene rings is 1. The second kappa shape index (κ2) is 7.34. The molecular weight excluding hydrogens is 283 g/mol. The molecule has 0 amide bonds. The number of hydrogen-bond acceptors (Lipinski definition) is 5. The number of nitro benzene ring substituents is 1. The van der Waals surface area contributed by atoms with Crippen LogP contribution in [0.25, 0.3) is 0 Å². The van der Waals surface area contributed by atoms with Crippen LogP contribution in [0.4, 0.5) is 15.8 Å². The van der Waals surface area contributed by atoms with Crippen molar-refractivity contribution >= 4 is 17.3 Å². The molecule has 1 rings (SSSR count). The lowest BCUT2D eigenvalue weighted by Gasteiger charge is -2.09. The van der Waals surface area contributed by atoms with Crippen LogP contribution in [-0.2, 0) is 4.74 Å². The number of carboxylic acids is 1. The zero-order chi connectivity index (χ0) is 16.0. The van der Waals surface area contributed by atoms with E-state index < -0.39 is 28.0 Å². The Bertz CT molecular complexity index is 574. The van der Waals surface area contributed by atoms with Crippen LogP contribution < -0.4 is 5.32 Å². The number of halogens is 1. The van der Waals surface area contributed by atoms with Gasteiger partial charge in [-0.25, -0.2) is 9.18 Å². The first-order valence-electron chi connectivity index (χ1n) is 6.00. The molecule has 0 saturated heterocycles. The molecule has 0 bridgehead atoms. The molecule has 0 spiro atoms. The molecule has 0 aliphatic rings. The van der Waals surface area contributed by atoms with Gasteiger partial charge in [0.05, 0.1) is 29.8 Å². The molecule has 7 nitrogen and oxygen atoms in total. The number of nitro groups is 1. The van der Waals surface area contributed by atoms with Gasteiger partial charge in [0.15, 0.2) is 0 Å². The molecule has 0 aromatic heterocycles. The summed E-state index contributed by atoms with van der Waals surface area (Å²) < 4.78 is 18.6. The maximum atomic E-state index is 13.4. The standard InChI is InChI=1S/C13H15FN2O5/c1-8(2)7-21-4-3-15-11-5-9(13(17)18)10(14)6-12(11)16(19)20/h5-6,15H,1,3-4,7H2,2H3,(H,17,18). The molecule has 0 fully saturated rings. The summed E-state index contributed by atoms with van der Waals surface area (Å²) >= 11 is 0. The van der Waals surface area contributed by atoms with Gasteiger partial charge >= 0.3 is 5.97 Å². The molecule has 114 valence electrons. The monoisotopic (exact) mass is 298 g/mol. The van der Waals surface area contributed by atoms with Crippen LogP contribution in [0.15, 0.2) is 24.3 Å². The Morgan fingerprint density at radius 3 is 2.76 bits per heavy atom. The van der Waals surface area contributed by atoms with Crippen LogP contribution in [0.5, 0.6) is 0 Å². The summed E-state index contributed by atoms with van der Waals surface area (Å²) in [5.41, 5.74) is -0.406. The normalized spacial score (nSPS) is 10.2. The Morgan fingerprint density at radius 2 is 2.24 bits per heavy atom. The summed E-state index contributed by atoms with van der Waals surface area (Å²) in [5.74, 6) is -2.65. The van der Waals surface area contributed by atoms with Gasteiger partial charge < -0.3 is 15.2 Å². The van der Waals surface area contributed by atoms with Gasteiger partial charge in [0, 0.05) is 6.54 Å². The molecule has 21 heavy (non-hydrogen) atoms. The molecule has 2 N–H and O–H groups in total. The molecule has 0 aliphatic heterocycles. The first-order chi connectivity index (χ1) is 9.82. The molecular formula is C13H15FN2O5. The lowest BCUT2D eigenvalue weighted by Crippen LogP contribution is -2.13. The summed E-state index contributed by atoms with van der Waals surface area (Å²) in [6.07, 6.45) is 0. The van der Waals surface area contributed by atoms with E-state index >= 15 is 0 Å². The first kappa shape index (κ1) is 16.6. The number of anilines is 1. The van der Waals surface area contributed by atoms with Crippen LogP contribution in [0.2, 0.25) is 0 Å². The van der Waals surface area contributed by atoms with Crippen molar-refractivity contribution in [3.63, 3.8) is 0 Å². The van der Waals surface area contributed by atoms with Gasteiger partial charge in [-0.2, -0.15) is 0 Å². The number of carboxylic acid groups (broad SMARTS) is 1. The molecule has 0 aliphatic carbocycles. The Labute approximate surface area is 120 Å². The third-order valence-corrected chi connectivity index (χ3v) is 2.42. The SMILES string of the molecule is C=C(C)COCCNc1cc(C(=O)O)c(F)cc1[N+](=O)[O-]. The molecule has 0 atom stereocenters. The van der Waals surface area contributed by atoms with Crippen molar-refractivity contribution < 1.29 is 24.0 Å². The molecule has 0 saturated carbocycles. The lowest BCUT2D eigenvalue weighted by molar-refractivity contribution is -0.384. The lowest BCUT2D eigenvalue weighted by atomic mass is 10.1. The zero-order valence-corrected chi connectivity index (χ0v) is 11.4. The van der Waals surface area contributed by atoms with Crippen molar-refractivity contribution in [2.45, 2.75) is 6.92 Å². The Balaban J connectivity index is 2.83. The average Bonchev–Trinajstić information content (AvgIpc) is 2.38. The number of nitrogens with zero attached hydrogens (tertiary/aromatic N) is 1. The number of rotatable bonds is 8. The number of aromatic carboxylic acids is 1. The average molecular weight is 298 g/mol. The summed E-state index contributed by atoms with van der Waals surface area (Å²) in [4.78, 5) is 20.9. The van der Waals surface area contributed by atoms with E-state index in [-0.39, 0.29) is 18.8 Å². The van der Waals surface area contributed by atoms with Crippen molar-refractivity contribution in [2.75, 3.05) is 25.1 Å². The van der Waals surface area contributed by atoms with Crippen LogP contribution in [0.1, 0.15) is 17.3 Å². The van der Waals surface area contributed by atoms with Gasteiger partial charge in [0.2, 0.25) is 0 Å². The Hall–Kier alpha value is -2.48. The van der Waals surface area contributed by atoms with Crippen molar-refractivity contribution in [3.8, 4) is 0 Å². The fourth-order valence-corrected chi connectivity index (χ4v) is 1.52. The number of nitrogens with one attached hydrogen (secondary N) is 1. The van der Waals surface area contributed by atoms with Gasteiger partial charge in [0.25, 0.3) is 5.69 Å². The second-order valence-electron chi connectivity index (χ2n) is 4.35. The summed E-state index contributed by atoms with van der Waals surface area (Å²) in [6.45, 7) is 6.24. The predicted molar refractivity (Wildman–Crippen MR) is 74.1 cm³/mol. The van der Waals surface area contributed by atoms with Crippen molar-refractivity contribution in [3.05, 3.63) is 45.8 Å². The highest BCUT2D eigenvalue weighted by molar-refractivity contribution is 5.90. The third kappa shape index (κ3) is 4.84. The highest BCUT2D eigenvalue weighted by Gasteiger charge is 2.21. The Kier molecular flexibility index (Phi) is 5.79. The second-order valence-corrected chi connectivity index (χ2v) is 4.35. The minimum absolute atomic E-state index is 0.0716. The van der Waals surface area contributed by atoms with Crippen LogP contribution in [0, 0.1) is 15.9 Å². The Morgan fingerprint density at radius 1 is 1.57 bits per heavy atom. The van der Waals surface area contributed by atoms with Gasteiger partial charge in [-0.1, -0.05) is 12.2 Å². The molecule has 8 heteroatoms. The van der Waals surface area contributed by atoms with Gasteiger partial charge in [-0.15, -0.1) is 0 Å². The summed E-state index contributed by atoms with van der Waals surface area (Å²) in [5, 5.41) is 22.3. The summed E-state index contributed by atoms with van der Waals surface area (Å²) in [6, 6.07) is 1.48. The topological polar surface area (TPSA) is 102 Å².